The van der Waals surface area contributed by atoms with E-state index in [-0.39, 0.29) is 5.41 Å². The standard InChI is InChI=1S/C14H21NO2/c1-10-7-11(14(9-15)5-4-6-14)8-12(16-2)13(10)17-3/h7-8H,4-6,9,15H2,1-3H3. The van der Waals surface area contributed by atoms with Crippen molar-refractivity contribution in [1.29, 1.82) is 0 Å². The van der Waals surface area contributed by atoms with Crippen molar-refractivity contribution in [2.45, 2.75) is 31.6 Å². The van der Waals surface area contributed by atoms with Crippen molar-refractivity contribution in [1.82, 2.24) is 0 Å². The normalized spacial score (nSPS) is 17.4. The van der Waals surface area contributed by atoms with E-state index < -0.39 is 0 Å². The number of hydrogen-bond acceptors (Lipinski definition) is 3. The van der Waals surface area contributed by atoms with Gasteiger partial charge in [-0.2, -0.15) is 0 Å². The fourth-order valence-electron chi connectivity index (χ4n) is 2.68. The van der Waals surface area contributed by atoms with Crippen molar-refractivity contribution >= 4 is 0 Å². The number of methoxy groups -OCH3 is 2. The van der Waals surface area contributed by atoms with Gasteiger partial charge in [0.2, 0.25) is 0 Å². The maximum Gasteiger partial charge on any atom is 0.163 e. The Hall–Kier alpha value is -1.22. The number of ether oxygens (including phenoxy) is 2. The lowest BCUT2D eigenvalue weighted by atomic mass is 9.64. The summed E-state index contributed by atoms with van der Waals surface area (Å²) >= 11 is 0. The van der Waals surface area contributed by atoms with Crippen molar-refractivity contribution in [3.05, 3.63) is 23.3 Å². The highest BCUT2D eigenvalue weighted by Crippen LogP contribution is 2.46. The first kappa shape index (κ1) is 12.2. The van der Waals surface area contributed by atoms with E-state index in [1.165, 1.54) is 24.8 Å². The second-order valence-corrected chi connectivity index (χ2v) is 4.87. The van der Waals surface area contributed by atoms with E-state index in [2.05, 4.69) is 12.1 Å². The van der Waals surface area contributed by atoms with Crippen molar-refractivity contribution in [2.24, 2.45) is 5.73 Å². The molecule has 0 aliphatic heterocycles. The zero-order valence-corrected chi connectivity index (χ0v) is 10.9. The molecule has 1 aromatic carbocycles. The Balaban J connectivity index is 2.46. The largest absolute Gasteiger partial charge is 0.493 e. The van der Waals surface area contributed by atoms with Crippen LogP contribution in [0.25, 0.3) is 0 Å². The molecule has 1 fully saturated rings. The molecule has 0 heterocycles. The van der Waals surface area contributed by atoms with Gasteiger partial charge in [0.1, 0.15) is 0 Å². The summed E-state index contributed by atoms with van der Waals surface area (Å²) in [6, 6.07) is 4.27. The maximum absolute atomic E-state index is 5.94. The van der Waals surface area contributed by atoms with Crippen LogP contribution in [0.3, 0.4) is 0 Å². The summed E-state index contributed by atoms with van der Waals surface area (Å²) in [5.74, 6) is 1.63. The van der Waals surface area contributed by atoms with Gasteiger partial charge in [-0.3, -0.25) is 0 Å². The second-order valence-electron chi connectivity index (χ2n) is 4.87. The lowest BCUT2D eigenvalue weighted by Crippen LogP contribution is -2.41. The van der Waals surface area contributed by atoms with Crippen LogP contribution in [-0.2, 0) is 5.41 Å². The molecule has 2 N–H and O–H groups in total. The van der Waals surface area contributed by atoms with Crippen LogP contribution < -0.4 is 15.2 Å². The van der Waals surface area contributed by atoms with Gasteiger partial charge in [0.25, 0.3) is 0 Å². The van der Waals surface area contributed by atoms with Crippen molar-refractivity contribution in [3.8, 4) is 11.5 Å². The molecule has 3 nitrogen and oxygen atoms in total. The van der Waals surface area contributed by atoms with E-state index in [4.69, 9.17) is 15.2 Å². The topological polar surface area (TPSA) is 44.5 Å². The van der Waals surface area contributed by atoms with Crippen LogP contribution in [0.4, 0.5) is 0 Å². The molecule has 0 unspecified atom stereocenters. The molecule has 0 saturated heterocycles. The third kappa shape index (κ3) is 1.89. The van der Waals surface area contributed by atoms with E-state index in [0.717, 1.165) is 17.1 Å². The van der Waals surface area contributed by atoms with Gasteiger partial charge in [0, 0.05) is 12.0 Å². The van der Waals surface area contributed by atoms with Crippen LogP contribution in [-0.4, -0.2) is 20.8 Å². The summed E-state index contributed by atoms with van der Waals surface area (Å²) in [5.41, 5.74) is 8.52. The van der Waals surface area contributed by atoms with Gasteiger partial charge in [-0.25, -0.2) is 0 Å². The molecule has 0 amide bonds. The Morgan fingerprint density at radius 3 is 2.35 bits per heavy atom. The third-order valence-corrected chi connectivity index (χ3v) is 3.98. The first-order chi connectivity index (χ1) is 8.16. The fourth-order valence-corrected chi connectivity index (χ4v) is 2.68. The number of benzene rings is 1. The summed E-state index contributed by atoms with van der Waals surface area (Å²) in [6.07, 6.45) is 3.63. The van der Waals surface area contributed by atoms with Gasteiger partial charge in [-0.05, 0) is 37.0 Å². The van der Waals surface area contributed by atoms with Crippen LogP contribution in [0.15, 0.2) is 12.1 Å². The molecule has 1 aliphatic carbocycles. The molecule has 0 radical (unpaired) electrons. The molecule has 2 rings (SSSR count). The molecule has 0 atom stereocenters. The molecule has 3 heteroatoms. The molecule has 0 aromatic heterocycles. The molecule has 0 bridgehead atoms. The average molecular weight is 235 g/mol. The Morgan fingerprint density at radius 2 is 1.94 bits per heavy atom. The highest BCUT2D eigenvalue weighted by Gasteiger charge is 2.38. The van der Waals surface area contributed by atoms with E-state index in [1.807, 2.05) is 6.92 Å². The highest BCUT2D eigenvalue weighted by atomic mass is 16.5. The molecule has 17 heavy (non-hydrogen) atoms. The van der Waals surface area contributed by atoms with E-state index in [1.54, 1.807) is 14.2 Å². The zero-order valence-electron chi connectivity index (χ0n) is 10.9. The Morgan fingerprint density at radius 1 is 1.24 bits per heavy atom. The lowest BCUT2D eigenvalue weighted by molar-refractivity contribution is 0.251. The zero-order chi connectivity index (χ0) is 12.5. The van der Waals surface area contributed by atoms with Crippen LogP contribution in [0.2, 0.25) is 0 Å². The van der Waals surface area contributed by atoms with Crippen molar-refractivity contribution in [3.63, 3.8) is 0 Å². The molecule has 1 saturated carbocycles. The maximum atomic E-state index is 5.94. The monoisotopic (exact) mass is 235 g/mol. The molecule has 94 valence electrons. The fraction of sp³-hybridized carbons (Fsp3) is 0.571. The summed E-state index contributed by atoms with van der Waals surface area (Å²) in [5, 5.41) is 0. The van der Waals surface area contributed by atoms with Gasteiger partial charge in [-0.1, -0.05) is 12.5 Å². The first-order valence-electron chi connectivity index (χ1n) is 6.10. The van der Waals surface area contributed by atoms with Gasteiger partial charge >= 0.3 is 0 Å². The summed E-state index contributed by atoms with van der Waals surface area (Å²) in [6.45, 7) is 2.76. The predicted octanol–water partition coefficient (Wildman–Crippen LogP) is 2.39. The predicted molar refractivity (Wildman–Crippen MR) is 68.9 cm³/mol. The Bertz CT molecular complexity index is 405. The van der Waals surface area contributed by atoms with Gasteiger partial charge in [0.15, 0.2) is 11.5 Å². The van der Waals surface area contributed by atoms with E-state index >= 15 is 0 Å². The number of hydrogen-bond donors (Lipinski definition) is 1. The smallest absolute Gasteiger partial charge is 0.163 e. The lowest BCUT2D eigenvalue weighted by Gasteiger charge is -2.42. The minimum atomic E-state index is 0.171. The summed E-state index contributed by atoms with van der Waals surface area (Å²) in [7, 11) is 3.35. The Kier molecular flexibility index (Phi) is 3.29. The van der Waals surface area contributed by atoms with Crippen LogP contribution in [0.1, 0.15) is 30.4 Å². The quantitative estimate of drug-likeness (QED) is 0.871. The molecular weight excluding hydrogens is 214 g/mol. The molecule has 1 aliphatic rings. The van der Waals surface area contributed by atoms with Gasteiger partial charge in [0.05, 0.1) is 14.2 Å². The molecular formula is C14H21NO2. The van der Waals surface area contributed by atoms with E-state index in [9.17, 15) is 0 Å². The van der Waals surface area contributed by atoms with Gasteiger partial charge in [-0.15, -0.1) is 0 Å². The van der Waals surface area contributed by atoms with Crippen LogP contribution >= 0.6 is 0 Å². The number of aryl methyl sites for hydroxylation is 1. The van der Waals surface area contributed by atoms with Crippen LogP contribution in [0.5, 0.6) is 11.5 Å². The summed E-state index contributed by atoms with van der Waals surface area (Å²) < 4.78 is 10.8. The van der Waals surface area contributed by atoms with Crippen molar-refractivity contribution < 1.29 is 9.47 Å². The van der Waals surface area contributed by atoms with Crippen LogP contribution in [0, 0.1) is 6.92 Å². The van der Waals surface area contributed by atoms with Gasteiger partial charge < -0.3 is 15.2 Å². The second kappa shape index (κ2) is 4.57. The average Bonchev–Trinajstić information content (AvgIpc) is 2.27. The Labute approximate surface area is 103 Å². The summed E-state index contributed by atoms with van der Waals surface area (Å²) in [4.78, 5) is 0. The third-order valence-electron chi connectivity index (χ3n) is 3.98. The highest BCUT2D eigenvalue weighted by molar-refractivity contribution is 5.51. The number of rotatable bonds is 4. The van der Waals surface area contributed by atoms with Crippen molar-refractivity contribution in [2.75, 3.05) is 20.8 Å². The molecule has 1 aromatic rings. The minimum absolute atomic E-state index is 0.171. The van der Waals surface area contributed by atoms with E-state index in [0.29, 0.717) is 6.54 Å². The SMILES string of the molecule is COc1cc(C2(CN)CCC2)cc(C)c1OC. The first-order valence-corrected chi connectivity index (χ1v) is 6.10. The molecule has 0 spiro atoms. The number of nitrogens with two attached hydrogens (primary N) is 1. The minimum Gasteiger partial charge on any atom is -0.493 e.